The minimum absolute atomic E-state index is 0.0720. The lowest BCUT2D eigenvalue weighted by Crippen LogP contribution is -2.43. The van der Waals surface area contributed by atoms with Gasteiger partial charge in [-0.25, -0.2) is 0 Å². The zero-order valence-electron chi connectivity index (χ0n) is 92.9. The van der Waals surface area contributed by atoms with E-state index in [1.165, 1.54) is 25.7 Å². The first-order valence-electron chi connectivity index (χ1n) is 56.4. The Morgan fingerprint density at radius 3 is 0.640 bits per heavy atom. The van der Waals surface area contributed by atoms with Crippen LogP contribution >= 0.6 is 0 Å². The largest absolute Gasteiger partial charge is 0.492 e. The van der Waals surface area contributed by atoms with Crippen molar-refractivity contribution in [3.05, 3.63) is 0 Å². The zero-order chi connectivity index (χ0) is 113. The van der Waals surface area contributed by atoms with Gasteiger partial charge in [0.25, 0.3) is 0 Å². The van der Waals surface area contributed by atoms with Crippen LogP contribution in [0.2, 0.25) is 36.3 Å². The van der Waals surface area contributed by atoms with Gasteiger partial charge in [-0.15, -0.1) is 0 Å². The van der Waals surface area contributed by atoms with Gasteiger partial charge in [-0.3, -0.25) is 14.7 Å². The highest BCUT2D eigenvalue weighted by atomic mass is 28.4. The Bertz CT molecular complexity index is 2750. The smallest absolute Gasteiger partial charge is 0.390 e. The van der Waals surface area contributed by atoms with Gasteiger partial charge in [-0.1, -0.05) is 125 Å². The standard InChI is InChI=1S/C33H75N3O12Si2.2C32H74N4O12Si2/c1-3-5-14-30(4-2)26-48-29-33(39)25-36(24-32(38)28-47-20-13-22-50(43,44)45)18-11-7-10-16-34-15-8-6-9-17-35-23-31(37)27-46-19-12-21-49(40,41)42;1-3-5-11-29(4-2)25-48-28-32(39)24-36(16-8-6-7-12-34-22-30(37)26-46-18-9-20-49(40,41)42)17-15-33-13-14-35-23-31(38)27-47-19-10-21-50(43,44)45;1-3-5-11-29(4-2)25-48-28-32(39)24-36(17-15-35-23-31(38)27-47-19-10-21-50(43,44)45)16-14-33-12-7-6-8-13-34-22-30(37)26-46-18-9-20-49(40,41)42/h30-35,37-45H,3-29H2,1-2H3;2*29-35,37-45H,3-28H2,1-2H3. The molecule has 0 fully saturated rings. The van der Waals surface area contributed by atoms with Crippen molar-refractivity contribution in [1.82, 2.24) is 57.2 Å². The molecule has 150 heavy (non-hydrogen) atoms. The first-order valence-corrected chi connectivity index (χ1v) is 68.7. The number of rotatable bonds is 114. The molecule has 0 aromatic heterocycles. The molecule has 906 valence electrons. The number of hydrogen-bond acceptors (Lipinski definition) is 47. The molecular formula is C97H223N11O36Si6. The number of unbranched alkanes of at least 4 members (excludes halogenated alkanes) is 11. The predicted molar refractivity (Wildman–Crippen MR) is 590 cm³/mol. The second kappa shape index (κ2) is 104. The van der Waals surface area contributed by atoms with E-state index in [1.807, 2.05) is 0 Å². The minimum Gasteiger partial charge on any atom is -0.390 e. The Labute approximate surface area is 905 Å². The summed E-state index contributed by atoms with van der Waals surface area (Å²) in [5.74, 6) is 1.54. The summed E-state index contributed by atoms with van der Waals surface area (Å²) in [6.07, 6.45) is 21.6. The fourth-order valence-corrected chi connectivity index (χ4v) is 19.3. The summed E-state index contributed by atoms with van der Waals surface area (Å²) in [6, 6.07) is -0.527. The highest BCUT2D eigenvalue weighted by Gasteiger charge is 2.31. The Morgan fingerprint density at radius 2 is 0.380 bits per heavy atom. The molecule has 0 amide bonds. The molecule has 12 unspecified atom stereocenters. The van der Waals surface area contributed by atoms with Crippen LogP contribution in [0.3, 0.4) is 0 Å². The average molecular weight is 2290 g/mol. The highest BCUT2D eigenvalue weighted by Crippen LogP contribution is 2.18. The average Bonchev–Trinajstić information content (AvgIpc) is 0.936. The summed E-state index contributed by atoms with van der Waals surface area (Å²) >= 11 is 0. The van der Waals surface area contributed by atoms with Gasteiger partial charge in [0, 0.05) is 207 Å². The van der Waals surface area contributed by atoms with Gasteiger partial charge in [-0.05, 0) is 179 Å². The summed E-state index contributed by atoms with van der Waals surface area (Å²) in [5, 5.41) is 119. The van der Waals surface area contributed by atoms with E-state index in [0.717, 1.165) is 207 Å². The van der Waals surface area contributed by atoms with Gasteiger partial charge in [0.05, 0.1) is 114 Å². The zero-order valence-corrected chi connectivity index (χ0v) is 98.9. The van der Waals surface area contributed by atoms with E-state index in [9.17, 15) is 46.0 Å². The fraction of sp³-hybridized carbons (Fsp3) is 1.00. The molecule has 35 N–H and O–H groups in total. The molecule has 0 aliphatic carbocycles. The molecule has 0 bridgehead atoms. The third-order valence-electron chi connectivity index (χ3n) is 24.4. The molecule has 0 rings (SSSR count). The van der Waals surface area contributed by atoms with Crippen LogP contribution < -0.4 is 42.5 Å². The SMILES string of the molecule is CCCCC(CC)COCC(O)CN(CCCCCNCC(O)COCCC[Si](O)(O)O)CCNCCNCC(O)COCCC[Si](O)(O)O.CCCCC(CC)COCC(O)CN(CCCCCNCCCCCNCC(O)COCCC[Si](O)(O)O)CC(O)COCCC[Si](O)(O)O.CCCCC(CC)COCC(O)CN(CCNCCCCCNCC(O)COCCC[Si](O)(O)O)CCNCC(O)COCCC[Si](O)(O)O. The number of aliphatic hydroxyl groups is 9. The maximum Gasteiger partial charge on any atom is 0.492 e. The van der Waals surface area contributed by atoms with Crippen LogP contribution in [0.25, 0.3) is 0 Å². The van der Waals surface area contributed by atoms with E-state index in [0.29, 0.717) is 174 Å². The quantitative estimate of drug-likeness (QED) is 0.0205. The summed E-state index contributed by atoms with van der Waals surface area (Å²) in [6.45, 7) is 34.1. The summed E-state index contributed by atoms with van der Waals surface area (Å²) in [4.78, 5) is 169. The monoisotopic (exact) mass is 2290 g/mol. The lowest BCUT2D eigenvalue weighted by molar-refractivity contribution is -0.0164. The van der Waals surface area contributed by atoms with Crippen molar-refractivity contribution in [3.8, 4) is 0 Å². The molecule has 0 saturated heterocycles. The molecule has 0 spiro atoms. The highest BCUT2D eigenvalue weighted by molar-refractivity contribution is 6.57. The van der Waals surface area contributed by atoms with Gasteiger partial charge in [0.1, 0.15) is 0 Å². The number of nitrogens with zero attached hydrogens (tertiary/aromatic N) is 3. The van der Waals surface area contributed by atoms with Crippen molar-refractivity contribution < 1.29 is 175 Å². The van der Waals surface area contributed by atoms with Crippen LogP contribution in [0.4, 0.5) is 0 Å². The first kappa shape index (κ1) is 154. The van der Waals surface area contributed by atoms with Crippen LogP contribution in [0.15, 0.2) is 0 Å². The molecule has 53 heteroatoms. The first-order chi connectivity index (χ1) is 71.3. The van der Waals surface area contributed by atoms with E-state index >= 15 is 0 Å². The third kappa shape index (κ3) is 121. The Balaban J connectivity index is -0.00000216. The minimum atomic E-state index is -4.08. The van der Waals surface area contributed by atoms with E-state index in [4.69, 9.17) is 129 Å². The van der Waals surface area contributed by atoms with Crippen molar-refractivity contribution in [2.45, 2.75) is 325 Å². The van der Waals surface area contributed by atoms with Crippen molar-refractivity contribution in [2.24, 2.45) is 17.8 Å². The number of hydrogen-bond donors (Lipinski definition) is 35. The maximum absolute atomic E-state index is 10.7. The summed E-state index contributed by atoms with van der Waals surface area (Å²) < 4.78 is 49.7. The molecule has 0 aliphatic heterocycles. The molecule has 0 saturated carbocycles. The van der Waals surface area contributed by atoms with Crippen LogP contribution in [0.5, 0.6) is 0 Å². The molecule has 0 aromatic rings. The molecule has 12 atom stereocenters. The molecular weight excluding hydrogens is 2060 g/mol. The van der Waals surface area contributed by atoms with Crippen molar-refractivity contribution in [2.75, 3.05) is 283 Å². The van der Waals surface area contributed by atoms with Gasteiger partial charge in [0.15, 0.2) is 0 Å². The number of aliphatic hydroxyl groups excluding tert-OH is 9. The van der Waals surface area contributed by atoms with Crippen molar-refractivity contribution in [1.29, 1.82) is 0 Å². The van der Waals surface area contributed by atoms with Gasteiger partial charge < -0.3 is 217 Å². The van der Waals surface area contributed by atoms with Gasteiger partial charge in [-0.2, -0.15) is 0 Å². The summed E-state index contributed by atoms with van der Waals surface area (Å²) in [7, 11) is -24.2. The van der Waals surface area contributed by atoms with Crippen LogP contribution in [0, 0.1) is 17.8 Å². The van der Waals surface area contributed by atoms with Crippen LogP contribution in [-0.4, -0.2) is 537 Å². The topological polar surface area (TPSA) is 735 Å². The Hall–Kier alpha value is -0.579. The normalized spacial score (nSPS) is 15.1. The second-order valence-electron chi connectivity index (χ2n) is 40.3. The molecule has 0 heterocycles. The predicted octanol–water partition coefficient (Wildman–Crippen LogP) is -3.85. The second-order valence-corrected chi connectivity index (χ2v) is 52.6. The lowest BCUT2D eigenvalue weighted by atomic mass is 10.0. The Kier molecular flexibility index (Phi) is 106. The van der Waals surface area contributed by atoms with Crippen molar-refractivity contribution in [3.63, 3.8) is 0 Å². The summed E-state index contributed by atoms with van der Waals surface area (Å²) in [5.41, 5.74) is 0. The lowest BCUT2D eigenvalue weighted by Gasteiger charge is -2.27. The van der Waals surface area contributed by atoms with Gasteiger partial charge >= 0.3 is 52.8 Å². The van der Waals surface area contributed by atoms with E-state index in [2.05, 4.69) is 98.8 Å². The van der Waals surface area contributed by atoms with E-state index in [1.54, 1.807) is 0 Å². The van der Waals surface area contributed by atoms with E-state index in [-0.39, 0.29) is 122 Å². The van der Waals surface area contributed by atoms with Crippen LogP contribution in [0.1, 0.15) is 234 Å². The number of ether oxygens (including phenoxy) is 9. The molecule has 0 radical (unpaired) electrons. The van der Waals surface area contributed by atoms with Crippen LogP contribution in [-0.2, 0) is 42.6 Å². The third-order valence-corrected chi connectivity index (χ3v) is 30.6. The fourth-order valence-electron chi connectivity index (χ4n) is 15.6. The van der Waals surface area contributed by atoms with E-state index < -0.39 is 108 Å². The van der Waals surface area contributed by atoms with Gasteiger partial charge in [0.2, 0.25) is 0 Å². The maximum atomic E-state index is 10.7. The molecule has 0 aromatic carbocycles. The Morgan fingerprint density at radius 1 is 0.187 bits per heavy atom. The molecule has 0 aliphatic rings. The molecule has 47 nitrogen and oxygen atoms in total. The number of nitrogens with one attached hydrogen (secondary N) is 8. The van der Waals surface area contributed by atoms with Crippen molar-refractivity contribution >= 4 is 52.8 Å².